The summed E-state index contributed by atoms with van der Waals surface area (Å²) < 4.78 is 0. The maximum Gasteiger partial charge on any atom is 0.163 e. The lowest BCUT2D eigenvalue weighted by Gasteiger charge is -2.26. The molecule has 16 heavy (non-hydrogen) atoms. The third kappa shape index (κ3) is 2.21. The van der Waals surface area contributed by atoms with E-state index in [2.05, 4.69) is 0 Å². The van der Waals surface area contributed by atoms with E-state index in [1.165, 1.54) is 0 Å². The van der Waals surface area contributed by atoms with Gasteiger partial charge in [0.15, 0.2) is 5.78 Å². The molecule has 0 radical (unpaired) electrons. The maximum absolute atomic E-state index is 12.1. The average Bonchev–Trinajstić information content (AvgIpc) is 2.14. The van der Waals surface area contributed by atoms with E-state index in [1.807, 2.05) is 38.1 Å². The van der Waals surface area contributed by atoms with E-state index in [1.54, 1.807) is 0 Å². The number of ketones is 2. The summed E-state index contributed by atoms with van der Waals surface area (Å²) in [6.45, 7) is 3.97. The van der Waals surface area contributed by atoms with Gasteiger partial charge in [-0.3, -0.25) is 9.59 Å². The summed E-state index contributed by atoms with van der Waals surface area (Å²) in [5, 5.41) is 0. The third-order valence-corrected chi connectivity index (χ3v) is 3.02. The van der Waals surface area contributed by atoms with Gasteiger partial charge in [0.05, 0.1) is 0 Å². The van der Waals surface area contributed by atoms with Gasteiger partial charge in [0, 0.05) is 24.8 Å². The Hall–Kier alpha value is -1.44. The lowest BCUT2D eigenvalue weighted by molar-refractivity contribution is -0.120. The minimum absolute atomic E-state index is 0.160. The molecule has 0 aliphatic heterocycles. The molecule has 1 aliphatic rings. The summed E-state index contributed by atoms with van der Waals surface area (Å²) in [6.07, 6.45) is 1.34. The molecular formula is C14H16O2. The van der Waals surface area contributed by atoms with Crippen LogP contribution in [0.1, 0.15) is 42.6 Å². The molecule has 2 rings (SSSR count). The van der Waals surface area contributed by atoms with Crippen LogP contribution in [-0.2, 0) is 11.2 Å². The van der Waals surface area contributed by atoms with Crippen molar-refractivity contribution in [1.82, 2.24) is 0 Å². The van der Waals surface area contributed by atoms with Crippen molar-refractivity contribution in [2.45, 2.75) is 33.1 Å². The number of carbonyl (C=O) groups is 2. The zero-order chi connectivity index (χ0) is 11.8. The van der Waals surface area contributed by atoms with Crippen LogP contribution < -0.4 is 0 Å². The summed E-state index contributed by atoms with van der Waals surface area (Å²) in [5.74, 6) is 0.387. The van der Waals surface area contributed by atoms with Gasteiger partial charge in [0.25, 0.3) is 0 Å². The first-order chi connectivity index (χ1) is 7.48. The highest BCUT2D eigenvalue weighted by Gasteiger charge is 2.29. The van der Waals surface area contributed by atoms with Crippen molar-refractivity contribution in [2.24, 2.45) is 5.41 Å². The minimum Gasteiger partial charge on any atom is -0.299 e. The first-order valence-electron chi connectivity index (χ1n) is 5.61. The van der Waals surface area contributed by atoms with Gasteiger partial charge in [-0.25, -0.2) is 0 Å². The van der Waals surface area contributed by atoms with Gasteiger partial charge < -0.3 is 0 Å². The van der Waals surface area contributed by atoms with Crippen LogP contribution in [0.5, 0.6) is 0 Å². The lowest BCUT2D eigenvalue weighted by atomic mass is 9.77. The lowest BCUT2D eigenvalue weighted by Crippen LogP contribution is -2.26. The highest BCUT2D eigenvalue weighted by Crippen LogP contribution is 2.31. The molecule has 0 atom stereocenters. The minimum atomic E-state index is -0.207. The normalized spacial score (nSPS) is 19.9. The van der Waals surface area contributed by atoms with Crippen molar-refractivity contribution >= 4 is 11.6 Å². The Morgan fingerprint density at radius 1 is 1.06 bits per heavy atom. The molecule has 0 fully saturated rings. The molecule has 84 valence electrons. The molecule has 2 heteroatoms. The first-order valence-corrected chi connectivity index (χ1v) is 5.61. The number of rotatable bonds is 0. The van der Waals surface area contributed by atoms with E-state index < -0.39 is 0 Å². The van der Waals surface area contributed by atoms with E-state index in [9.17, 15) is 9.59 Å². The Morgan fingerprint density at radius 2 is 1.75 bits per heavy atom. The molecule has 0 bridgehead atoms. The first kappa shape index (κ1) is 11.1. The summed E-state index contributed by atoms with van der Waals surface area (Å²) in [6, 6.07) is 7.44. The van der Waals surface area contributed by atoms with Crippen molar-refractivity contribution in [3.05, 3.63) is 35.4 Å². The van der Waals surface area contributed by atoms with Crippen LogP contribution in [0.2, 0.25) is 0 Å². The highest BCUT2D eigenvalue weighted by molar-refractivity contribution is 6.00. The smallest absolute Gasteiger partial charge is 0.163 e. The molecule has 1 aliphatic carbocycles. The third-order valence-electron chi connectivity index (χ3n) is 3.02. The maximum atomic E-state index is 12.1. The molecule has 0 saturated heterocycles. The van der Waals surface area contributed by atoms with Crippen molar-refractivity contribution in [2.75, 3.05) is 0 Å². The SMILES string of the molecule is CC1(C)CC(=O)Cc2ccccc2C(=O)C1. The van der Waals surface area contributed by atoms with E-state index in [0.717, 1.165) is 11.1 Å². The van der Waals surface area contributed by atoms with Crippen LogP contribution in [0.3, 0.4) is 0 Å². The molecule has 0 spiro atoms. The van der Waals surface area contributed by atoms with Gasteiger partial charge in [-0.05, 0) is 11.0 Å². The van der Waals surface area contributed by atoms with Gasteiger partial charge in [-0.2, -0.15) is 0 Å². The average molecular weight is 216 g/mol. The Kier molecular flexibility index (Phi) is 2.66. The molecular weight excluding hydrogens is 200 g/mol. The summed E-state index contributed by atoms with van der Waals surface area (Å²) in [7, 11) is 0. The van der Waals surface area contributed by atoms with Crippen molar-refractivity contribution in [3.8, 4) is 0 Å². The predicted molar refractivity (Wildman–Crippen MR) is 62.5 cm³/mol. The van der Waals surface area contributed by atoms with Gasteiger partial charge >= 0.3 is 0 Å². The second-order valence-corrected chi connectivity index (χ2v) is 5.31. The highest BCUT2D eigenvalue weighted by atomic mass is 16.1. The Balaban J connectivity index is 2.44. The van der Waals surface area contributed by atoms with Gasteiger partial charge in [0.2, 0.25) is 0 Å². The van der Waals surface area contributed by atoms with Crippen LogP contribution in [0.15, 0.2) is 24.3 Å². The van der Waals surface area contributed by atoms with Crippen LogP contribution in [0.25, 0.3) is 0 Å². The summed E-state index contributed by atoms with van der Waals surface area (Å²) >= 11 is 0. The fourth-order valence-corrected chi connectivity index (χ4v) is 2.35. The quantitative estimate of drug-likeness (QED) is 0.668. The van der Waals surface area contributed by atoms with Crippen LogP contribution in [0.4, 0.5) is 0 Å². The van der Waals surface area contributed by atoms with E-state index in [-0.39, 0.29) is 17.0 Å². The number of fused-ring (bicyclic) bond motifs is 1. The molecule has 0 amide bonds. The Labute approximate surface area is 95.7 Å². The molecule has 0 saturated carbocycles. The number of Topliss-reactive ketones (excluding diaryl/α,β-unsaturated/α-hetero) is 2. The number of hydrogen-bond acceptors (Lipinski definition) is 2. The van der Waals surface area contributed by atoms with Crippen molar-refractivity contribution in [1.29, 1.82) is 0 Å². The van der Waals surface area contributed by atoms with Gasteiger partial charge in [-0.1, -0.05) is 38.1 Å². The summed E-state index contributed by atoms with van der Waals surface area (Å²) in [5.41, 5.74) is 1.40. The van der Waals surface area contributed by atoms with E-state index in [4.69, 9.17) is 0 Å². The zero-order valence-electron chi connectivity index (χ0n) is 9.75. The van der Waals surface area contributed by atoms with Crippen molar-refractivity contribution in [3.63, 3.8) is 0 Å². The Bertz CT molecular complexity index is 444. The largest absolute Gasteiger partial charge is 0.299 e. The molecule has 0 aromatic heterocycles. The molecule has 1 aromatic rings. The summed E-state index contributed by atoms with van der Waals surface area (Å²) in [4.78, 5) is 23.9. The standard InChI is InChI=1S/C14H16O2/c1-14(2)8-11(15)7-10-5-3-4-6-12(10)13(16)9-14/h3-6H,7-9H2,1-2H3. The van der Waals surface area contributed by atoms with Crippen LogP contribution >= 0.6 is 0 Å². The number of carbonyl (C=O) groups excluding carboxylic acids is 2. The van der Waals surface area contributed by atoms with Crippen molar-refractivity contribution < 1.29 is 9.59 Å². The Morgan fingerprint density at radius 3 is 2.50 bits per heavy atom. The van der Waals surface area contributed by atoms with E-state index >= 15 is 0 Å². The number of hydrogen-bond donors (Lipinski definition) is 0. The topological polar surface area (TPSA) is 34.1 Å². The second-order valence-electron chi connectivity index (χ2n) is 5.31. The fraction of sp³-hybridized carbons (Fsp3) is 0.429. The molecule has 0 N–H and O–H groups in total. The molecule has 2 nitrogen and oxygen atoms in total. The van der Waals surface area contributed by atoms with Crippen LogP contribution in [0, 0.1) is 5.41 Å². The molecule has 0 unspecified atom stereocenters. The monoisotopic (exact) mass is 216 g/mol. The predicted octanol–water partition coefficient (Wildman–Crippen LogP) is 2.80. The van der Waals surface area contributed by atoms with Gasteiger partial charge in [0.1, 0.15) is 5.78 Å². The molecule has 0 heterocycles. The van der Waals surface area contributed by atoms with Gasteiger partial charge in [-0.15, -0.1) is 0 Å². The zero-order valence-corrected chi connectivity index (χ0v) is 9.75. The second kappa shape index (κ2) is 3.85. The molecule has 1 aromatic carbocycles. The van der Waals surface area contributed by atoms with E-state index in [0.29, 0.717) is 19.3 Å². The number of benzene rings is 1. The van der Waals surface area contributed by atoms with Crippen LogP contribution in [-0.4, -0.2) is 11.6 Å². The fourth-order valence-electron chi connectivity index (χ4n) is 2.35.